The first kappa shape index (κ1) is 13.1. The van der Waals surface area contributed by atoms with Crippen molar-refractivity contribution in [2.24, 2.45) is 0 Å². The minimum Gasteiger partial charge on any atom is -0.268 e. The van der Waals surface area contributed by atoms with Crippen LogP contribution in [-0.2, 0) is 6.42 Å². The summed E-state index contributed by atoms with van der Waals surface area (Å²) in [5, 5.41) is 1.90. The first-order valence-corrected chi connectivity index (χ1v) is 7.16. The molecular formula is C16H15ClN2O. The maximum Gasteiger partial charge on any atom is 0.267 e. The lowest BCUT2D eigenvalue weighted by atomic mass is 10.1. The van der Waals surface area contributed by atoms with E-state index in [4.69, 9.17) is 11.6 Å². The second-order valence-electron chi connectivity index (χ2n) is 4.77. The standard InChI is InChI=1S/C16H15ClN2O/c1-2-14-18-13-10-6-9-12(17)15(13)16(20)19(14)11-7-4-3-5-8-11/h3-5,7-8,10H,2,6,9H2,1H3. The quantitative estimate of drug-likeness (QED) is 0.842. The lowest BCUT2D eigenvalue weighted by Crippen LogP contribution is -2.49. The Balaban J connectivity index is 2.46. The molecule has 1 heterocycles. The zero-order valence-corrected chi connectivity index (χ0v) is 12.0. The monoisotopic (exact) mass is 286 g/mol. The Morgan fingerprint density at radius 3 is 2.75 bits per heavy atom. The number of halogens is 1. The van der Waals surface area contributed by atoms with Gasteiger partial charge in [-0.3, -0.25) is 9.36 Å². The molecule has 0 aliphatic heterocycles. The Labute approximate surface area is 121 Å². The first-order valence-electron chi connectivity index (χ1n) is 6.78. The van der Waals surface area contributed by atoms with Crippen LogP contribution in [-0.4, -0.2) is 9.55 Å². The van der Waals surface area contributed by atoms with Gasteiger partial charge in [-0.05, 0) is 25.0 Å². The van der Waals surface area contributed by atoms with Crippen molar-refractivity contribution in [3.8, 4) is 5.69 Å². The summed E-state index contributed by atoms with van der Waals surface area (Å²) in [5.41, 5.74) is 0.763. The van der Waals surface area contributed by atoms with E-state index < -0.39 is 0 Å². The van der Waals surface area contributed by atoms with Crippen LogP contribution in [0.3, 0.4) is 0 Å². The van der Waals surface area contributed by atoms with Gasteiger partial charge in [0, 0.05) is 11.5 Å². The average Bonchev–Trinajstić information content (AvgIpc) is 2.47. The van der Waals surface area contributed by atoms with E-state index in [0.29, 0.717) is 23.1 Å². The van der Waals surface area contributed by atoms with Gasteiger partial charge in [0.05, 0.1) is 16.3 Å². The van der Waals surface area contributed by atoms with Crippen molar-refractivity contribution in [2.75, 3.05) is 0 Å². The molecule has 0 bridgehead atoms. The van der Waals surface area contributed by atoms with Crippen molar-refractivity contribution in [1.29, 1.82) is 0 Å². The molecule has 0 saturated carbocycles. The average molecular weight is 287 g/mol. The summed E-state index contributed by atoms with van der Waals surface area (Å²) >= 11 is 6.25. The third kappa shape index (κ3) is 2.08. The number of fused-ring (bicyclic) bond motifs is 1. The summed E-state index contributed by atoms with van der Waals surface area (Å²) in [5.74, 6) is 0.766. The minimum absolute atomic E-state index is 0.0704. The van der Waals surface area contributed by atoms with Crippen LogP contribution in [0.2, 0.25) is 0 Å². The molecule has 3 rings (SSSR count). The van der Waals surface area contributed by atoms with Gasteiger partial charge in [0.2, 0.25) is 0 Å². The van der Waals surface area contributed by atoms with Crippen molar-refractivity contribution in [3.05, 3.63) is 57.1 Å². The molecule has 3 nitrogen and oxygen atoms in total. The molecule has 2 aromatic rings. The molecule has 1 aromatic carbocycles. The molecule has 102 valence electrons. The molecule has 0 spiro atoms. The Morgan fingerprint density at radius 2 is 2.05 bits per heavy atom. The van der Waals surface area contributed by atoms with E-state index in [9.17, 15) is 4.79 Å². The molecule has 0 N–H and O–H groups in total. The van der Waals surface area contributed by atoms with E-state index >= 15 is 0 Å². The first-order chi connectivity index (χ1) is 9.72. The predicted molar refractivity (Wildman–Crippen MR) is 81.4 cm³/mol. The summed E-state index contributed by atoms with van der Waals surface area (Å²) in [6, 6.07) is 9.58. The van der Waals surface area contributed by atoms with Gasteiger partial charge in [-0.25, -0.2) is 4.98 Å². The van der Waals surface area contributed by atoms with Gasteiger partial charge in [0.25, 0.3) is 5.56 Å². The van der Waals surface area contributed by atoms with Crippen LogP contribution in [0, 0.1) is 0 Å². The van der Waals surface area contributed by atoms with Crippen molar-refractivity contribution in [1.82, 2.24) is 9.55 Å². The molecule has 0 fully saturated rings. The van der Waals surface area contributed by atoms with Gasteiger partial charge in [0.1, 0.15) is 5.82 Å². The molecule has 1 aromatic heterocycles. The Bertz CT molecular complexity index is 822. The summed E-state index contributed by atoms with van der Waals surface area (Å²) in [4.78, 5) is 17.4. The van der Waals surface area contributed by atoms with Crippen LogP contribution >= 0.6 is 11.6 Å². The van der Waals surface area contributed by atoms with Gasteiger partial charge in [-0.2, -0.15) is 0 Å². The number of hydrogen-bond donors (Lipinski definition) is 0. The van der Waals surface area contributed by atoms with Crippen LogP contribution in [0.4, 0.5) is 0 Å². The topological polar surface area (TPSA) is 34.9 Å². The number of hydrogen-bond acceptors (Lipinski definition) is 2. The molecule has 0 saturated heterocycles. The zero-order valence-electron chi connectivity index (χ0n) is 11.3. The van der Waals surface area contributed by atoms with Crippen LogP contribution < -0.4 is 16.1 Å². The lowest BCUT2D eigenvalue weighted by Gasteiger charge is -2.13. The van der Waals surface area contributed by atoms with E-state index in [1.54, 1.807) is 4.57 Å². The van der Waals surface area contributed by atoms with E-state index in [-0.39, 0.29) is 5.56 Å². The maximum absolute atomic E-state index is 12.8. The lowest BCUT2D eigenvalue weighted by molar-refractivity contribution is 0.787. The van der Waals surface area contributed by atoms with Crippen molar-refractivity contribution in [2.45, 2.75) is 26.2 Å². The molecule has 0 radical (unpaired) electrons. The summed E-state index contributed by atoms with van der Waals surface area (Å²) in [7, 11) is 0. The fourth-order valence-corrected chi connectivity index (χ4v) is 2.81. The van der Waals surface area contributed by atoms with Crippen LogP contribution in [0.1, 0.15) is 25.6 Å². The van der Waals surface area contributed by atoms with Crippen molar-refractivity contribution < 1.29 is 0 Å². The molecule has 1 aliphatic carbocycles. The number of benzene rings is 1. The van der Waals surface area contributed by atoms with Crippen molar-refractivity contribution >= 4 is 22.7 Å². The van der Waals surface area contributed by atoms with Gasteiger partial charge < -0.3 is 0 Å². The van der Waals surface area contributed by atoms with E-state index in [0.717, 1.165) is 23.3 Å². The fourth-order valence-electron chi connectivity index (χ4n) is 2.53. The second kappa shape index (κ2) is 5.25. The third-order valence-electron chi connectivity index (χ3n) is 3.48. The smallest absolute Gasteiger partial charge is 0.267 e. The summed E-state index contributed by atoms with van der Waals surface area (Å²) < 4.78 is 1.67. The third-order valence-corrected chi connectivity index (χ3v) is 3.86. The molecule has 0 atom stereocenters. The van der Waals surface area contributed by atoms with E-state index in [1.807, 2.05) is 43.3 Å². The van der Waals surface area contributed by atoms with Gasteiger partial charge >= 0.3 is 0 Å². The summed E-state index contributed by atoms with van der Waals surface area (Å²) in [6.07, 6.45) is 4.25. The maximum atomic E-state index is 12.8. The van der Waals surface area contributed by atoms with Crippen LogP contribution in [0.15, 0.2) is 35.1 Å². The van der Waals surface area contributed by atoms with Crippen LogP contribution in [0.5, 0.6) is 0 Å². The number of nitrogens with zero attached hydrogens (tertiary/aromatic N) is 2. The van der Waals surface area contributed by atoms with Crippen LogP contribution in [0.25, 0.3) is 16.8 Å². The molecule has 1 aliphatic rings. The van der Waals surface area contributed by atoms with E-state index in [1.165, 1.54) is 0 Å². The Kier molecular flexibility index (Phi) is 3.45. The minimum atomic E-state index is -0.0704. The normalized spacial score (nSPS) is 13.8. The van der Waals surface area contributed by atoms with Gasteiger partial charge in [-0.15, -0.1) is 0 Å². The molecular weight excluding hydrogens is 272 g/mol. The largest absolute Gasteiger partial charge is 0.268 e. The Hall–Kier alpha value is -1.87. The van der Waals surface area contributed by atoms with Gasteiger partial charge in [-0.1, -0.05) is 42.8 Å². The number of rotatable bonds is 2. The molecule has 0 amide bonds. The molecule has 20 heavy (non-hydrogen) atoms. The Morgan fingerprint density at radius 1 is 1.30 bits per heavy atom. The van der Waals surface area contributed by atoms with Crippen molar-refractivity contribution in [3.63, 3.8) is 0 Å². The van der Waals surface area contributed by atoms with Gasteiger partial charge in [0.15, 0.2) is 0 Å². The highest BCUT2D eigenvalue weighted by atomic mass is 35.5. The fraction of sp³-hybridized carbons (Fsp3) is 0.250. The highest BCUT2D eigenvalue weighted by molar-refractivity contribution is 6.45. The SMILES string of the molecule is CCc1nc2c(c(=O)n1-c1ccccc1)=C(Cl)CCC=2. The second-order valence-corrected chi connectivity index (χ2v) is 5.22. The molecule has 4 heteroatoms. The predicted octanol–water partition coefficient (Wildman–Crippen LogP) is 1.72. The zero-order chi connectivity index (χ0) is 14.1. The van der Waals surface area contributed by atoms with E-state index in [2.05, 4.69) is 4.98 Å². The number of aromatic nitrogens is 2. The number of aryl methyl sites for hydroxylation is 1. The number of para-hydroxylation sites is 1. The summed E-state index contributed by atoms with van der Waals surface area (Å²) in [6.45, 7) is 2.00. The highest BCUT2D eigenvalue weighted by Gasteiger charge is 2.13. The molecule has 0 unspecified atom stereocenters. The highest BCUT2D eigenvalue weighted by Crippen LogP contribution is 2.11.